The molecule has 0 atom stereocenters. The molecule has 0 radical (unpaired) electrons. The molecule has 2 aromatic heterocycles. The SMILES string of the molecule is Cc1ncc(C(=O)Nc2c[nH]c3ccccc23)c(C)n1. The molecule has 2 heterocycles. The highest BCUT2D eigenvalue weighted by atomic mass is 16.1. The lowest BCUT2D eigenvalue weighted by molar-refractivity contribution is 0.102. The molecule has 0 bridgehead atoms. The van der Waals surface area contributed by atoms with Crippen LogP contribution >= 0.6 is 0 Å². The molecule has 0 aliphatic rings. The molecule has 5 heteroatoms. The Kier molecular flexibility index (Phi) is 2.95. The van der Waals surface area contributed by atoms with E-state index in [1.165, 1.54) is 0 Å². The quantitative estimate of drug-likeness (QED) is 0.749. The van der Waals surface area contributed by atoms with E-state index in [1.54, 1.807) is 26.2 Å². The van der Waals surface area contributed by atoms with E-state index >= 15 is 0 Å². The Balaban J connectivity index is 1.92. The van der Waals surface area contributed by atoms with Crippen molar-refractivity contribution in [2.75, 3.05) is 5.32 Å². The molecule has 5 nitrogen and oxygen atoms in total. The predicted molar refractivity (Wildman–Crippen MR) is 77.8 cm³/mol. The van der Waals surface area contributed by atoms with Crippen LogP contribution in [-0.4, -0.2) is 20.9 Å². The molecule has 0 unspecified atom stereocenters. The number of aryl methyl sites for hydroxylation is 2. The first-order valence-corrected chi connectivity index (χ1v) is 6.33. The zero-order chi connectivity index (χ0) is 14.1. The molecule has 0 saturated carbocycles. The first kappa shape index (κ1) is 12.3. The number of hydrogen-bond donors (Lipinski definition) is 2. The molecule has 0 aliphatic carbocycles. The minimum Gasteiger partial charge on any atom is -0.359 e. The smallest absolute Gasteiger partial charge is 0.259 e. The maximum atomic E-state index is 12.3. The van der Waals surface area contributed by atoms with Gasteiger partial charge in [-0.2, -0.15) is 0 Å². The largest absolute Gasteiger partial charge is 0.359 e. The summed E-state index contributed by atoms with van der Waals surface area (Å²) >= 11 is 0. The van der Waals surface area contributed by atoms with Crippen LogP contribution in [0.3, 0.4) is 0 Å². The van der Waals surface area contributed by atoms with E-state index in [0.29, 0.717) is 17.1 Å². The Morgan fingerprint density at radius 1 is 1.25 bits per heavy atom. The van der Waals surface area contributed by atoms with Gasteiger partial charge in [0.25, 0.3) is 5.91 Å². The molecule has 20 heavy (non-hydrogen) atoms. The number of hydrogen-bond acceptors (Lipinski definition) is 3. The monoisotopic (exact) mass is 266 g/mol. The lowest BCUT2D eigenvalue weighted by Crippen LogP contribution is -2.14. The van der Waals surface area contributed by atoms with E-state index in [4.69, 9.17) is 0 Å². The summed E-state index contributed by atoms with van der Waals surface area (Å²) in [6, 6.07) is 7.81. The van der Waals surface area contributed by atoms with Gasteiger partial charge in [-0.15, -0.1) is 0 Å². The summed E-state index contributed by atoms with van der Waals surface area (Å²) in [7, 11) is 0. The Labute approximate surface area is 116 Å². The average molecular weight is 266 g/mol. The van der Waals surface area contributed by atoms with Gasteiger partial charge < -0.3 is 10.3 Å². The van der Waals surface area contributed by atoms with Gasteiger partial charge in [0.2, 0.25) is 0 Å². The van der Waals surface area contributed by atoms with Crippen LogP contribution in [0.5, 0.6) is 0 Å². The highest BCUT2D eigenvalue weighted by molar-refractivity contribution is 6.09. The second-order valence-electron chi connectivity index (χ2n) is 4.62. The third-order valence-corrected chi connectivity index (χ3v) is 3.18. The number of H-pyrrole nitrogens is 1. The number of carbonyl (C=O) groups excluding carboxylic acids is 1. The third kappa shape index (κ3) is 2.14. The number of aromatic nitrogens is 3. The number of anilines is 1. The molecule has 100 valence electrons. The van der Waals surface area contributed by atoms with E-state index in [0.717, 1.165) is 16.6 Å². The Morgan fingerprint density at radius 3 is 2.85 bits per heavy atom. The number of benzene rings is 1. The van der Waals surface area contributed by atoms with Crippen LogP contribution in [0.4, 0.5) is 5.69 Å². The van der Waals surface area contributed by atoms with Gasteiger partial charge in [0, 0.05) is 23.3 Å². The summed E-state index contributed by atoms with van der Waals surface area (Å²) in [6.07, 6.45) is 3.34. The summed E-state index contributed by atoms with van der Waals surface area (Å²) in [6.45, 7) is 3.60. The first-order chi connectivity index (χ1) is 9.65. The molecule has 0 spiro atoms. The van der Waals surface area contributed by atoms with Crippen molar-refractivity contribution in [2.24, 2.45) is 0 Å². The Bertz CT molecular complexity index is 791. The average Bonchev–Trinajstić information content (AvgIpc) is 2.82. The minimum absolute atomic E-state index is 0.202. The maximum Gasteiger partial charge on any atom is 0.259 e. The van der Waals surface area contributed by atoms with Crippen LogP contribution in [0.25, 0.3) is 10.9 Å². The lowest BCUT2D eigenvalue weighted by Gasteiger charge is -2.06. The van der Waals surface area contributed by atoms with Crippen LogP contribution in [0, 0.1) is 13.8 Å². The number of fused-ring (bicyclic) bond motifs is 1. The second-order valence-corrected chi connectivity index (χ2v) is 4.62. The second kappa shape index (κ2) is 4.77. The van der Waals surface area contributed by atoms with Crippen molar-refractivity contribution in [1.82, 2.24) is 15.0 Å². The van der Waals surface area contributed by atoms with Gasteiger partial charge in [-0.1, -0.05) is 18.2 Å². The van der Waals surface area contributed by atoms with Crippen molar-refractivity contribution in [3.63, 3.8) is 0 Å². The van der Waals surface area contributed by atoms with Crippen LogP contribution < -0.4 is 5.32 Å². The van der Waals surface area contributed by atoms with Gasteiger partial charge in [-0.3, -0.25) is 4.79 Å². The maximum absolute atomic E-state index is 12.3. The van der Waals surface area contributed by atoms with Crippen molar-refractivity contribution >= 4 is 22.5 Å². The molecule has 3 aromatic rings. The van der Waals surface area contributed by atoms with Gasteiger partial charge in [0.1, 0.15) is 5.82 Å². The van der Waals surface area contributed by atoms with Gasteiger partial charge in [-0.05, 0) is 19.9 Å². The topological polar surface area (TPSA) is 70.7 Å². The molecule has 0 aliphatic heterocycles. The Hall–Kier alpha value is -2.69. The van der Waals surface area contributed by atoms with Crippen LogP contribution in [0.2, 0.25) is 0 Å². The van der Waals surface area contributed by atoms with Crippen LogP contribution in [0.15, 0.2) is 36.7 Å². The van der Waals surface area contributed by atoms with Crippen LogP contribution in [-0.2, 0) is 0 Å². The van der Waals surface area contributed by atoms with E-state index in [2.05, 4.69) is 20.3 Å². The predicted octanol–water partition coefficient (Wildman–Crippen LogP) is 2.83. The number of para-hydroxylation sites is 1. The molecule has 0 saturated heterocycles. The van der Waals surface area contributed by atoms with Crippen molar-refractivity contribution < 1.29 is 4.79 Å². The summed E-state index contributed by atoms with van der Waals surface area (Å²) in [5.74, 6) is 0.457. The summed E-state index contributed by atoms with van der Waals surface area (Å²) in [5.41, 5.74) is 2.90. The number of nitrogens with zero attached hydrogens (tertiary/aromatic N) is 2. The molecular formula is C15H14N4O. The highest BCUT2D eigenvalue weighted by Crippen LogP contribution is 2.23. The number of rotatable bonds is 2. The van der Waals surface area contributed by atoms with E-state index in [1.807, 2.05) is 24.3 Å². The molecule has 3 rings (SSSR count). The van der Waals surface area contributed by atoms with Crippen LogP contribution in [0.1, 0.15) is 21.9 Å². The van der Waals surface area contributed by atoms with Crippen molar-refractivity contribution in [3.8, 4) is 0 Å². The van der Waals surface area contributed by atoms with E-state index in [-0.39, 0.29) is 5.91 Å². The lowest BCUT2D eigenvalue weighted by atomic mass is 10.2. The molecule has 1 aromatic carbocycles. The molecular weight excluding hydrogens is 252 g/mol. The number of amides is 1. The van der Waals surface area contributed by atoms with Crippen molar-refractivity contribution in [2.45, 2.75) is 13.8 Å². The first-order valence-electron chi connectivity index (χ1n) is 6.33. The third-order valence-electron chi connectivity index (χ3n) is 3.18. The summed E-state index contributed by atoms with van der Waals surface area (Å²) in [4.78, 5) is 23.7. The van der Waals surface area contributed by atoms with Gasteiger partial charge in [0.15, 0.2) is 0 Å². The number of nitrogens with one attached hydrogen (secondary N) is 2. The zero-order valence-electron chi connectivity index (χ0n) is 11.3. The molecule has 1 amide bonds. The fourth-order valence-electron chi connectivity index (χ4n) is 2.17. The summed E-state index contributed by atoms with van der Waals surface area (Å²) in [5, 5.41) is 3.87. The minimum atomic E-state index is -0.202. The summed E-state index contributed by atoms with van der Waals surface area (Å²) < 4.78 is 0. The van der Waals surface area contributed by atoms with Crippen molar-refractivity contribution in [1.29, 1.82) is 0 Å². The number of carbonyl (C=O) groups is 1. The molecule has 2 N–H and O–H groups in total. The van der Waals surface area contributed by atoms with Crippen molar-refractivity contribution in [3.05, 3.63) is 53.7 Å². The molecule has 0 fully saturated rings. The van der Waals surface area contributed by atoms with Gasteiger partial charge in [-0.25, -0.2) is 9.97 Å². The highest BCUT2D eigenvalue weighted by Gasteiger charge is 2.13. The Morgan fingerprint density at radius 2 is 2.05 bits per heavy atom. The van der Waals surface area contributed by atoms with E-state index < -0.39 is 0 Å². The normalized spacial score (nSPS) is 10.7. The van der Waals surface area contributed by atoms with Gasteiger partial charge in [0.05, 0.1) is 16.9 Å². The standard InChI is InChI=1S/C15H14N4O/c1-9-12(7-16-10(2)18-9)15(20)19-14-8-17-13-6-4-3-5-11(13)14/h3-8,17H,1-2H3,(H,19,20). The fourth-order valence-corrected chi connectivity index (χ4v) is 2.17. The number of aromatic amines is 1. The fraction of sp³-hybridized carbons (Fsp3) is 0.133. The van der Waals surface area contributed by atoms with E-state index in [9.17, 15) is 4.79 Å². The zero-order valence-corrected chi connectivity index (χ0v) is 11.3. The van der Waals surface area contributed by atoms with Gasteiger partial charge >= 0.3 is 0 Å².